The van der Waals surface area contributed by atoms with Gasteiger partial charge in [-0.15, -0.1) is 0 Å². The van der Waals surface area contributed by atoms with E-state index in [0.29, 0.717) is 19.0 Å². The number of rotatable bonds is 5. The van der Waals surface area contributed by atoms with Gasteiger partial charge >= 0.3 is 0 Å². The minimum absolute atomic E-state index is 0.103. The van der Waals surface area contributed by atoms with E-state index in [9.17, 15) is 0 Å². The van der Waals surface area contributed by atoms with Gasteiger partial charge < -0.3 is 19.1 Å². The van der Waals surface area contributed by atoms with Gasteiger partial charge in [-0.05, 0) is 36.4 Å². The predicted octanol–water partition coefficient (Wildman–Crippen LogP) is 4.58. The van der Waals surface area contributed by atoms with Crippen LogP contribution in [0.15, 0.2) is 72.8 Å². The number of anilines is 1. The molecule has 6 nitrogen and oxygen atoms in total. The first kappa shape index (κ1) is 19.2. The van der Waals surface area contributed by atoms with Crippen molar-refractivity contribution in [2.24, 2.45) is 0 Å². The second kappa shape index (κ2) is 8.14. The number of aromatic nitrogens is 2. The highest BCUT2D eigenvalue weighted by Crippen LogP contribution is 2.32. The minimum atomic E-state index is -0.103. The number of fused-ring (bicyclic) bond motifs is 2. The summed E-state index contributed by atoms with van der Waals surface area (Å²) in [4.78, 5) is 11.8. The number of methoxy groups -OCH3 is 1. The summed E-state index contributed by atoms with van der Waals surface area (Å²) in [7, 11) is 3.68. The molecule has 0 N–H and O–H groups in total. The number of likely N-dealkylation sites (N-methyl/N-ethyl adjacent to an activating group) is 1. The summed E-state index contributed by atoms with van der Waals surface area (Å²) in [5.41, 5.74) is 1.80. The van der Waals surface area contributed by atoms with Crippen molar-refractivity contribution in [3.63, 3.8) is 0 Å². The van der Waals surface area contributed by atoms with E-state index in [4.69, 9.17) is 24.2 Å². The molecule has 1 unspecified atom stereocenters. The van der Waals surface area contributed by atoms with Crippen LogP contribution in [0.5, 0.6) is 17.2 Å². The van der Waals surface area contributed by atoms with Gasteiger partial charge in [0.1, 0.15) is 18.2 Å². The van der Waals surface area contributed by atoms with E-state index in [1.807, 2.05) is 79.8 Å². The highest BCUT2D eigenvalue weighted by atomic mass is 16.6. The van der Waals surface area contributed by atoms with Crippen molar-refractivity contribution in [2.45, 2.75) is 6.10 Å². The van der Waals surface area contributed by atoms with Crippen molar-refractivity contribution in [3.05, 3.63) is 72.8 Å². The maximum Gasteiger partial charge on any atom is 0.162 e. The lowest BCUT2D eigenvalue weighted by Crippen LogP contribution is -2.39. The lowest BCUT2D eigenvalue weighted by atomic mass is 10.1. The molecular formula is C25H23N3O3. The van der Waals surface area contributed by atoms with E-state index >= 15 is 0 Å². The fraction of sp³-hybridized carbons (Fsp3) is 0.200. The third-order valence-electron chi connectivity index (χ3n) is 5.32. The van der Waals surface area contributed by atoms with E-state index in [0.717, 1.165) is 39.5 Å². The Bertz CT molecular complexity index is 1230. The van der Waals surface area contributed by atoms with Gasteiger partial charge in [0, 0.05) is 18.0 Å². The summed E-state index contributed by atoms with van der Waals surface area (Å²) in [6.45, 7) is 1.13. The summed E-state index contributed by atoms with van der Waals surface area (Å²) in [5.74, 6) is 3.85. The first-order valence-electron chi connectivity index (χ1n) is 10.2. The maximum absolute atomic E-state index is 6.15. The van der Waals surface area contributed by atoms with Crippen molar-refractivity contribution in [1.82, 2.24) is 9.97 Å². The van der Waals surface area contributed by atoms with Gasteiger partial charge in [0.2, 0.25) is 0 Å². The normalized spacial score (nSPS) is 15.0. The third kappa shape index (κ3) is 3.84. The van der Waals surface area contributed by atoms with Crippen molar-refractivity contribution in [3.8, 4) is 28.6 Å². The van der Waals surface area contributed by atoms with Crippen LogP contribution in [0.3, 0.4) is 0 Å². The summed E-state index contributed by atoms with van der Waals surface area (Å²) in [6, 6.07) is 23.6. The number of nitrogens with zero attached hydrogens (tertiary/aromatic N) is 3. The van der Waals surface area contributed by atoms with Gasteiger partial charge in [0.05, 0.1) is 19.2 Å². The highest BCUT2D eigenvalue weighted by Gasteiger charge is 2.23. The Morgan fingerprint density at radius 3 is 2.65 bits per heavy atom. The van der Waals surface area contributed by atoms with Crippen LogP contribution in [-0.4, -0.2) is 43.4 Å². The summed E-state index contributed by atoms with van der Waals surface area (Å²) < 4.78 is 17.4. The fourth-order valence-electron chi connectivity index (χ4n) is 3.79. The molecule has 0 radical (unpaired) electrons. The van der Waals surface area contributed by atoms with Gasteiger partial charge in [-0.2, -0.15) is 0 Å². The maximum atomic E-state index is 6.15. The zero-order valence-electron chi connectivity index (χ0n) is 17.5. The average molecular weight is 413 g/mol. The third-order valence-corrected chi connectivity index (χ3v) is 5.32. The molecule has 0 spiro atoms. The molecule has 2 heterocycles. The van der Waals surface area contributed by atoms with Crippen LogP contribution in [0.25, 0.3) is 22.3 Å². The molecule has 1 aromatic heterocycles. The molecule has 0 fully saturated rings. The minimum Gasteiger partial charge on any atom is -0.497 e. The molecule has 0 saturated heterocycles. The highest BCUT2D eigenvalue weighted by molar-refractivity contribution is 5.91. The van der Waals surface area contributed by atoms with E-state index in [-0.39, 0.29) is 6.10 Å². The molecule has 0 amide bonds. The second-order valence-electron chi connectivity index (χ2n) is 7.50. The summed E-state index contributed by atoms with van der Waals surface area (Å²) >= 11 is 0. The summed E-state index contributed by atoms with van der Waals surface area (Å²) in [5, 5.41) is 0.994. The predicted molar refractivity (Wildman–Crippen MR) is 121 cm³/mol. The fourth-order valence-corrected chi connectivity index (χ4v) is 3.79. The van der Waals surface area contributed by atoms with Gasteiger partial charge in [0.25, 0.3) is 0 Å². The van der Waals surface area contributed by atoms with Crippen molar-refractivity contribution in [1.29, 1.82) is 0 Å². The number of hydrogen-bond donors (Lipinski definition) is 0. The zero-order chi connectivity index (χ0) is 21.2. The SMILES string of the molecule is COc1cccc(-c2nc(N(C)CC3COc4ccccc4O3)c3ccccc3n2)c1. The van der Waals surface area contributed by atoms with Crippen LogP contribution >= 0.6 is 0 Å². The lowest BCUT2D eigenvalue weighted by molar-refractivity contribution is 0.0960. The van der Waals surface area contributed by atoms with Crippen LogP contribution in [-0.2, 0) is 0 Å². The van der Waals surface area contributed by atoms with Gasteiger partial charge in [-0.3, -0.25) is 0 Å². The van der Waals surface area contributed by atoms with Crippen molar-refractivity contribution >= 4 is 16.7 Å². The molecule has 156 valence electrons. The molecule has 4 aromatic rings. The van der Waals surface area contributed by atoms with Crippen LogP contribution < -0.4 is 19.1 Å². The largest absolute Gasteiger partial charge is 0.497 e. The molecule has 1 atom stereocenters. The van der Waals surface area contributed by atoms with E-state index in [2.05, 4.69) is 4.90 Å². The Labute approximate surface area is 181 Å². The smallest absolute Gasteiger partial charge is 0.162 e. The van der Waals surface area contributed by atoms with Crippen LogP contribution in [0.2, 0.25) is 0 Å². The number of ether oxygens (including phenoxy) is 3. The topological polar surface area (TPSA) is 56.7 Å². The molecule has 0 saturated carbocycles. The molecule has 5 rings (SSSR count). The Balaban J connectivity index is 1.48. The van der Waals surface area contributed by atoms with Gasteiger partial charge in [-0.1, -0.05) is 36.4 Å². The monoisotopic (exact) mass is 413 g/mol. The first-order valence-corrected chi connectivity index (χ1v) is 10.2. The van der Waals surface area contributed by atoms with Crippen LogP contribution in [0.1, 0.15) is 0 Å². The Morgan fingerprint density at radius 1 is 0.968 bits per heavy atom. The zero-order valence-corrected chi connectivity index (χ0v) is 17.5. The number of para-hydroxylation sites is 3. The van der Waals surface area contributed by atoms with E-state index in [1.165, 1.54) is 0 Å². The molecule has 1 aliphatic rings. The van der Waals surface area contributed by atoms with Gasteiger partial charge in [-0.25, -0.2) is 9.97 Å². The standard InChI is InChI=1S/C25H23N3O3/c1-28(15-19-16-30-22-12-5-6-13-23(22)31-19)25-20-10-3-4-11-21(20)26-24(27-25)17-8-7-9-18(14-17)29-2/h3-14,19H,15-16H2,1-2H3. The summed E-state index contributed by atoms with van der Waals surface area (Å²) in [6.07, 6.45) is -0.103. The average Bonchev–Trinajstić information content (AvgIpc) is 2.83. The Kier molecular flexibility index (Phi) is 5.04. The van der Waals surface area contributed by atoms with E-state index in [1.54, 1.807) is 7.11 Å². The lowest BCUT2D eigenvalue weighted by Gasteiger charge is -2.30. The first-order chi connectivity index (χ1) is 15.2. The second-order valence-corrected chi connectivity index (χ2v) is 7.50. The molecule has 6 heteroatoms. The molecule has 0 bridgehead atoms. The van der Waals surface area contributed by atoms with Crippen LogP contribution in [0, 0.1) is 0 Å². The Hall–Kier alpha value is -3.80. The molecule has 31 heavy (non-hydrogen) atoms. The van der Waals surface area contributed by atoms with E-state index < -0.39 is 0 Å². The molecular weight excluding hydrogens is 390 g/mol. The van der Waals surface area contributed by atoms with Crippen LogP contribution in [0.4, 0.5) is 5.82 Å². The number of hydrogen-bond acceptors (Lipinski definition) is 6. The molecule has 0 aliphatic carbocycles. The van der Waals surface area contributed by atoms with Gasteiger partial charge in [0.15, 0.2) is 23.4 Å². The quantitative estimate of drug-likeness (QED) is 0.477. The number of benzene rings is 3. The van der Waals surface area contributed by atoms with Crippen molar-refractivity contribution < 1.29 is 14.2 Å². The Morgan fingerprint density at radius 2 is 1.77 bits per heavy atom. The molecule has 3 aromatic carbocycles. The molecule has 1 aliphatic heterocycles. The van der Waals surface area contributed by atoms with Crippen molar-refractivity contribution in [2.75, 3.05) is 32.2 Å².